The largest absolute Gasteiger partial charge is 0.379 e. The lowest BCUT2D eigenvalue weighted by atomic mass is 10.0. The van der Waals surface area contributed by atoms with Gasteiger partial charge in [0, 0.05) is 42.8 Å². The van der Waals surface area contributed by atoms with Crippen molar-refractivity contribution in [1.82, 2.24) is 15.2 Å². The van der Waals surface area contributed by atoms with Crippen LogP contribution in [0.15, 0.2) is 36.5 Å². The lowest BCUT2D eigenvalue weighted by Gasteiger charge is -2.35. The number of thiazole rings is 1. The third-order valence-electron chi connectivity index (χ3n) is 4.35. The van der Waals surface area contributed by atoms with Gasteiger partial charge in [-0.15, -0.1) is 11.3 Å². The zero-order valence-corrected chi connectivity index (χ0v) is 14.7. The molecule has 124 valence electrons. The van der Waals surface area contributed by atoms with Crippen molar-refractivity contribution in [2.75, 3.05) is 32.8 Å². The molecule has 1 fully saturated rings. The summed E-state index contributed by atoms with van der Waals surface area (Å²) in [5.74, 6) is 0. The SMILES string of the molecule is Cc1ncc([C@@H](C)NC[C@H](c2ccccc2)N2CCOCC2)s1. The molecule has 1 saturated heterocycles. The van der Waals surface area contributed by atoms with Gasteiger partial charge >= 0.3 is 0 Å². The lowest BCUT2D eigenvalue weighted by Crippen LogP contribution is -2.43. The summed E-state index contributed by atoms with van der Waals surface area (Å²) in [7, 11) is 0. The highest BCUT2D eigenvalue weighted by Gasteiger charge is 2.23. The van der Waals surface area contributed by atoms with Gasteiger partial charge in [0.25, 0.3) is 0 Å². The Morgan fingerprint density at radius 1 is 1.26 bits per heavy atom. The van der Waals surface area contributed by atoms with E-state index in [9.17, 15) is 0 Å². The summed E-state index contributed by atoms with van der Waals surface area (Å²) in [6.07, 6.45) is 1.99. The highest BCUT2D eigenvalue weighted by atomic mass is 32.1. The highest BCUT2D eigenvalue weighted by molar-refractivity contribution is 7.11. The fourth-order valence-corrected chi connectivity index (χ4v) is 3.80. The van der Waals surface area contributed by atoms with Crippen LogP contribution < -0.4 is 5.32 Å². The Kier molecular flexibility index (Phi) is 5.78. The molecule has 0 saturated carbocycles. The molecule has 1 aliphatic rings. The van der Waals surface area contributed by atoms with Crippen molar-refractivity contribution in [3.05, 3.63) is 52.0 Å². The standard InChI is InChI=1S/C18H25N3OS/c1-14(18-13-20-15(2)23-18)19-12-17(16-6-4-3-5-7-16)21-8-10-22-11-9-21/h3-7,13-14,17,19H,8-12H2,1-2H3/t14-,17-/m1/s1. The minimum absolute atomic E-state index is 0.327. The quantitative estimate of drug-likeness (QED) is 0.882. The maximum Gasteiger partial charge on any atom is 0.0897 e. The van der Waals surface area contributed by atoms with Crippen LogP contribution in [0.25, 0.3) is 0 Å². The predicted octanol–water partition coefficient (Wildman–Crippen LogP) is 3.18. The van der Waals surface area contributed by atoms with Crippen LogP contribution >= 0.6 is 11.3 Å². The Labute approximate surface area is 142 Å². The average Bonchev–Trinajstić information content (AvgIpc) is 3.03. The summed E-state index contributed by atoms with van der Waals surface area (Å²) in [6.45, 7) is 8.85. The van der Waals surface area contributed by atoms with Gasteiger partial charge in [0.15, 0.2) is 0 Å². The summed E-state index contributed by atoms with van der Waals surface area (Å²) in [4.78, 5) is 8.19. The van der Waals surface area contributed by atoms with Gasteiger partial charge in [-0.05, 0) is 19.4 Å². The number of aryl methyl sites for hydroxylation is 1. The van der Waals surface area contributed by atoms with E-state index in [4.69, 9.17) is 4.74 Å². The fourth-order valence-electron chi connectivity index (χ4n) is 2.99. The Balaban J connectivity index is 1.68. The lowest BCUT2D eigenvalue weighted by molar-refractivity contribution is 0.0157. The Bertz CT molecular complexity index is 595. The van der Waals surface area contributed by atoms with Crippen LogP contribution in [0.5, 0.6) is 0 Å². The minimum atomic E-state index is 0.327. The van der Waals surface area contributed by atoms with Gasteiger partial charge in [0.2, 0.25) is 0 Å². The molecule has 5 heteroatoms. The van der Waals surface area contributed by atoms with Gasteiger partial charge in [-0.3, -0.25) is 4.90 Å². The summed E-state index contributed by atoms with van der Waals surface area (Å²) >= 11 is 1.77. The van der Waals surface area contributed by atoms with E-state index in [1.807, 2.05) is 6.20 Å². The second-order valence-electron chi connectivity index (χ2n) is 5.99. The van der Waals surface area contributed by atoms with Crippen molar-refractivity contribution < 1.29 is 4.74 Å². The summed E-state index contributed by atoms with van der Waals surface area (Å²) < 4.78 is 5.51. The first-order chi connectivity index (χ1) is 11.2. The molecule has 1 aromatic heterocycles. The molecule has 0 amide bonds. The molecule has 23 heavy (non-hydrogen) atoms. The number of morpholine rings is 1. The smallest absolute Gasteiger partial charge is 0.0897 e. The highest BCUT2D eigenvalue weighted by Crippen LogP contribution is 2.24. The van der Waals surface area contributed by atoms with Crippen molar-refractivity contribution >= 4 is 11.3 Å². The Morgan fingerprint density at radius 2 is 2.00 bits per heavy atom. The van der Waals surface area contributed by atoms with Crippen molar-refractivity contribution in [2.45, 2.75) is 25.9 Å². The third kappa shape index (κ3) is 4.38. The second-order valence-corrected chi connectivity index (χ2v) is 7.25. The number of hydrogen-bond donors (Lipinski definition) is 1. The first-order valence-corrected chi connectivity index (χ1v) is 9.08. The Hall–Kier alpha value is -1.27. The van der Waals surface area contributed by atoms with Gasteiger partial charge in [-0.25, -0.2) is 4.98 Å². The van der Waals surface area contributed by atoms with E-state index in [0.29, 0.717) is 12.1 Å². The van der Waals surface area contributed by atoms with Gasteiger partial charge in [0.1, 0.15) is 0 Å². The molecular weight excluding hydrogens is 306 g/mol. The minimum Gasteiger partial charge on any atom is -0.379 e. The van der Waals surface area contributed by atoms with Crippen LogP contribution in [-0.2, 0) is 4.74 Å². The van der Waals surface area contributed by atoms with Gasteiger partial charge in [-0.2, -0.15) is 0 Å². The molecule has 3 rings (SSSR count). The maximum absolute atomic E-state index is 5.51. The van der Waals surface area contributed by atoms with Crippen molar-refractivity contribution in [3.63, 3.8) is 0 Å². The van der Waals surface area contributed by atoms with Crippen LogP contribution in [0.1, 0.15) is 34.5 Å². The molecule has 2 aromatic rings. The summed E-state index contributed by atoms with van der Waals surface area (Å²) in [5, 5.41) is 4.82. The van der Waals surface area contributed by atoms with Gasteiger partial charge in [-0.1, -0.05) is 30.3 Å². The summed E-state index contributed by atoms with van der Waals surface area (Å²) in [6, 6.07) is 11.5. The molecule has 0 aliphatic carbocycles. The van der Waals surface area contributed by atoms with E-state index >= 15 is 0 Å². The predicted molar refractivity (Wildman–Crippen MR) is 94.8 cm³/mol. The number of nitrogens with zero attached hydrogens (tertiary/aromatic N) is 2. The number of rotatable bonds is 6. The third-order valence-corrected chi connectivity index (χ3v) is 5.45. The molecule has 1 aliphatic heterocycles. The molecule has 2 atom stereocenters. The molecule has 1 N–H and O–H groups in total. The van der Waals surface area contributed by atoms with E-state index in [1.165, 1.54) is 10.4 Å². The molecule has 0 unspecified atom stereocenters. The monoisotopic (exact) mass is 331 g/mol. The normalized spacial score (nSPS) is 18.7. The molecule has 4 nitrogen and oxygen atoms in total. The zero-order chi connectivity index (χ0) is 16.1. The molecule has 2 heterocycles. The number of ether oxygens (including phenoxy) is 1. The van der Waals surface area contributed by atoms with Gasteiger partial charge in [0.05, 0.1) is 18.2 Å². The first kappa shape index (κ1) is 16.6. The van der Waals surface area contributed by atoms with Crippen LogP contribution in [0.4, 0.5) is 0 Å². The Morgan fingerprint density at radius 3 is 2.65 bits per heavy atom. The van der Waals surface area contributed by atoms with E-state index in [-0.39, 0.29) is 0 Å². The fraction of sp³-hybridized carbons (Fsp3) is 0.500. The molecule has 0 spiro atoms. The topological polar surface area (TPSA) is 37.4 Å². The van der Waals surface area contributed by atoms with Crippen LogP contribution in [0.2, 0.25) is 0 Å². The molecule has 0 bridgehead atoms. The molecule has 0 radical (unpaired) electrons. The average molecular weight is 331 g/mol. The molecular formula is C18H25N3OS. The zero-order valence-electron chi connectivity index (χ0n) is 13.9. The van der Waals surface area contributed by atoms with Crippen LogP contribution in [-0.4, -0.2) is 42.7 Å². The van der Waals surface area contributed by atoms with E-state index in [2.05, 4.69) is 59.4 Å². The maximum atomic E-state index is 5.51. The van der Waals surface area contributed by atoms with Crippen molar-refractivity contribution in [1.29, 1.82) is 0 Å². The van der Waals surface area contributed by atoms with E-state index < -0.39 is 0 Å². The van der Waals surface area contributed by atoms with Crippen LogP contribution in [0, 0.1) is 6.92 Å². The van der Waals surface area contributed by atoms with E-state index in [1.54, 1.807) is 11.3 Å². The number of hydrogen-bond acceptors (Lipinski definition) is 5. The first-order valence-electron chi connectivity index (χ1n) is 8.26. The van der Waals surface area contributed by atoms with Crippen molar-refractivity contribution in [2.24, 2.45) is 0 Å². The van der Waals surface area contributed by atoms with Crippen molar-refractivity contribution in [3.8, 4) is 0 Å². The van der Waals surface area contributed by atoms with Crippen LogP contribution in [0.3, 0.4) is 0 Å². The van der Waals surface area contributed by atoms with E-state index in [0.717, 1.165) is 37.9 Å². The number of benzene rings is 1. The number of nitrogens with one attached hydrogen (secondary N) is 1. The van der Waals surface area contributed by atoms with Gasteiger partial charge < -0.3 is 10.1 Å². The summed E-state index contributed by atoms with van der Waals surface area (Å²) in [5.41, 5.74) is 1.37. The second kappa shape index (κ2) is 8.02. The number of aromatic nitrogens is 1. The molecule has 1 aromatic carbocycles.